The number of amides is 1. The predicted octanol–water partition coefficient (Wildman–Crippen LogP) is 3.02. The number of carbonyl (C=O) groups excluding carboxylic acids is 1. The van der Waals surface area contributed by atoms with Crippen molar-refractivity contribution in [3.05, 3.63) is 47.3 Å². The van der Waals surface area contributed by atoms with Gasteiger partial charge in [0.25, 0.3) is 5.91 Å². The normalized spacial score (nSPS) is 13.5. The first-order valence-corrected chi connectivity index (χ1v) is 7.20. The van der Waals surface area contributed by atoms with E-state index in [4.69, 9.17) is 5.11 Å². The molecule has 0 aliphatic heterocycles. The maximum Gasteiger partial charge on any atom is 0.434 e. The fourth-order valence-corrected chi connectivity index (χ4v) is 2.13. The van der Waals surface area contributed by atoms with Gasteiger partial charge >= 0.3 is 12.4 Å². The van der Waals surface area contributed by atoms with Crippen LogP contribution in [0.2, 0.25) is 0 Å². The Hall–Kier alpha value is -2.56. The number of carbonyl (C=O) groups is 1. The Morgan fingerprint density at radius 1 is 1.23 bits per heavy atom. The summed E-state index contributed by atoms with van der Waals surface area (Å²) in [6.45, 7) is 1.02. The van der Waals surface area contributed by atoms with Crippen LogP contribution in [-0.2, 0) is 12.4 Å². The monoisotopic (exact) mass is 381 g/mol. The minimum absolute atomic E-state index is 0.229. The number of aliphatic hydroxyl groups excluding tert-OH is 1. The highest BCUT2D eigenvalue weighted by Crippen LogP contribution is 2.35. The van der Waals surface area contributed by atoms with E-state index in [9.17, 15) is 31.1 Å². The van der Waals surface area contributed by atoms with Crippen LogP contribution in [-0.4, -0.2) is 33.4 Å². The van der Waals surface area contributed by atoms with E-state index in [-0.39, 0.29) is 11.2 Å². The lowest BCUT2D eigenvalue weighted by Gasteiger charge is -2.14. The highest BCUT2D eigenvalue weighted by Gasteiger charge is 2.41. The Kier molecular flexibility index (Phi) is 5.31. The number of alkyl halides is 6. The molecule has 0 bridgehead atoms. The van der Waals surface area contributed by atoms with Crippen molar-refractivity contribution < 1.29 is 36.2 Å². The lowest BCUT2D eigenvalue weighted by molar-refractivity contribution is -0.143. The number of halogens is 6. The SMILES string of the molecule is CC(O)CNC(=O)c1cnn(-c2cccc(C(F)(F)F)c2)c1C(F)(F)F. The van der Waals surface area contributed by atoms with Crippen LogP contribution in [0.15, 0.2) is 30.5 Å². The number of aromatic nitrogens is 2. The molecule has 11 heteroatoms. The molecule has 0 saturated carbocycles. The van der Waals surface area contributed by atoms with Gasteiger partial charge in [-0.2, -0.15) is 31.4 Å². The summed E-state index contributed by atoms with van der Waals surface area (Å²) in [7, 11) is 0. The molecule has 142 valence electrons. The summed E-state index contributed by atoms with van der Waals surface area (Å²) in [5, 5.41) is 14.6. The molecule has 1 unspecified atom stereocenters. The van der Waals surface area contributed by atoms with E-state index in [0.717, 1.165) is 12.1 Å². The molecule has 1 aromatic heterocycles. The molecular weight excluding hydrogens is 368 g/mol. The summed E-state index contributed by atoms with van der Waals surface area (Å²) in [4.78, 5) is 11.9. The Balaban J connectivity index is 2.53. The first-order chi connectivity index (χ1) is 11.9. The molecule has 0 aliphatic rings. The van der Waals surface area contributed by atoms with Gasteiger partial charge in [-0.15, -0.1) is 0 Å². The van der Waals surface area contributed by atoms with E-state index in [1.165, 1.54) is 6.92 Å². The van der Waals surface area contributed by atoms with Crippen molar-refractivity contribution in [2.24, 2.45) is 0 Å². The summed E-state index contributed by atoms with van der Waals surface area (Å²) < 4.78 is 78.8. The molecule has 0 radical (unpaired) electrons. The Bertz CT molecular complexity index is 795. The fourth-order valence-electron chi connectivity index (χ4n) is 2.13. The molecule has 0 aliphatic carbocycles. The van der Waals surface area contributed by atoms with E-state index in [0.29, 0.717) is 18.3 Å². The minimum Gasteiger partial charge on any atom is -0.392 e. The van der Waals surface area contributed by atoms with Gasteiger partial charge in [-0.05, 0) is 25.1 Å². The van der Waals surface area contributed by atoms with Crippen LogP contribution < -0.4 is 5.32 Å². The van der Waals surface area contributed by atoms with Crippen LogP contribution in [0.4, 0.5) is 26.3 Å². The van der Waals surface area contributed by atoms with Gasteiger partial charge in [-0.1, -0.05) is 6.07 Å². The number of aliphatic hydroxyl groups is 1. The topological polar surface area (TPSA) is 67.2 Å². The van der Waals surface area contributed by atoms with Gasteiger partial charge in [0.1, 0.15) is 0 Å². The van der Waals surface area contributed by atoms with Crippen molar-refractivity contribution in [1.29, 1.82) is 0 Å². The minimum atomic E-state index is -5.05. The summed E-state index contributed by atoms with van der Waals surface area (Å²) in [5.74, 6) is -1.16. The summed E-state index contributed by atoms with van der Waals surface area (Å²) >= 11 is 0. The van der Waals surface area contributed by atoms with Crippen LogP contribution in [0.1, 0.15) is 28.5 Å². The molecule has 0 saturated heterocycles. The van der Waals surface area contributed by atoms with Crippen LogP contribution >= 0.6 is 0 Å². The fraction of sp³-hybridized carbons (Fsp3) is 0.333. The molecule has 2 aromatic rings. The quantitative estimate of drug-likeness (QED) is 0.801. The van der Waals surface area contributed by atoms with E-state index >= 15 is 0 Å². The molecular formula is C15H13F6N3O2. The van der Waals surface area contributed by atoms with Crippen molar-refractivity contribution in [3.63, 3.8) is 0 Å². The summed E-state index contributed by atoms with van der Waals surface area (Å²) in [6, 6.07) is 3.15. The molecule has 2 rings (SSSR count). The Labute approximate surface area is 143 Å². The third-order valence-electron chi connectivity index (χ3n) is 3.26. The maximum atomic E-state index is 13.4. The molecule has 2 N–H and O–H groups in total. The molecule has 1 atom stereocenters. The first-order valence-electron chi connectivity index (χ1n) is 7.20. The van der Waals surface area contributed by atoms with Gasteiger partial charge < -0.3 is 10.4 Å². The third kappa shape index (κ3) is 4.34. The zero-order chi connectivity index (χ0) is 19.7. The van der Waals surface area contributed by atoms with E-state index in [1.54, 1.807) is 0 Å². The van der Waals surface area contributed by atoms with Crippen molar-refractivity contribution >= 4 is 5.91 Å². The highest BCUT2D eigenvalue weighted by atomic mass is 19.4. The molecule has 1 heterocycles. The largest absolute Gasteiger partial charge is 0.434 e. The van der Waals surface area contributed by atoms with Crippen molar-refractivity contribution in [1.82, 2.24) is 15.1 Å². The summed E-state index contributed by atoms with van der Waals surface area (Å²) in [5.41, 5.74) is -4.03. The van der Waals surface area contributed by atoms with Gasteiger partial charge in [0.15, 0.2) is 5.69 Å². The standard InChI is InChI=1S/C15H13F6N3O2/c1-8(25)6-22-13(26)11-7-23-24(12(11)15(19,20)21)10-4-2-3-9(5-10)14(16,17)18/h2-5,7-8,25H,6H2,1H3,(H,22,26). The zero-order valence-electron chi connectivity index (χ0n) is 13.2. The maximum absolute atomic E-state index is 13.4. The van der Waals surface area contributed by atoms with Crippen molar-refractivity contribution in [2.45, 2.75) is 25.4 Å². The molecule has 26 heavy (non-hydrogen) atoms. The Morgan fingerprint density at radius 2 is 1.88 bits per heavy atom. The van der Waals surface area contributed by atoms with Gasteiger partial charge in [0, 0.05) is 6.54 Å². The highest BCUT2D eigenvalue weighted by molar-refractivity contribution is 5.95. The lowest BCUT2D eigenvalue weighted by Crippen LogP contribution is -2.32. The van der Waals surface area contributed by atoms with E-state index in [2.05, 4.69) is 10.4 Å². The number of hydrogen-bond donors (Lipinski definition) is 2. The van der Waals surface area contributed by atoms with Crippen LogP contribution in [0.5, 0.6) is 0 Å². The predicted molar refractivity (Wildman–Crippen MR) is 77.6 cm³/mol. The van der Waals surface area contributed by atoms with Gasteiger partial charge in [-0.25, -0.2) is 4.68 Å². The van der Waals surface area contributed by atoms with Gasteiger partial charge in [0.05, 0.1) is 29.1 Å². The lowest BCUT2D eigenvalue weighted by atomic mass is 10.1. The number of hydrogen-bond acceptors (Lipinski definition) is 3. The first kappa shape index (κ1) is 19.8. The van der Waals surface area contributed by atoms with Gasteiger partial charge in [-0.3, -0.25) is 4.79 Å². The van der Waals surface area contributed by atoms with Crippen molar-refractivity contribution in [2.75, 3.05) is 6.54 Å². The average Bonchev–Trinajstić information content (AvgIpc) is 2.97. The molecule has 5 nitrogen and oxygen atoms in total. The van der Waals surface area contributed by atoms with Crippen LogP contribution in [0.25, 0.3) is 5.69 Å². The van der Waals surface area contributed by atoms with Crippen LogP contribution in [0.3, 0.4) is 0 Å². The average molecular weight is 381 g/mol. The smallest absolute Gasteiger partial charge is 0.392 e. The van der Waals surface area contributed by atoms with Crippen LogP contribution in [0, 0.1) is 0 Å². The third-order valence-corrected chi connectivity index (χ3v) is 3.26. The molecule has 1 amide bonds. The van der Waals surface area contributed by atoms with Crippen molar-refractivity contribution in [3.8, 4) is 5.69 Å². The number of rotatable bonds is 4. The number of nitrogens with one attached hydrogen (secondary N) is 1. The van der Waals surface area contributed by atoms with E-state index < -0.39 is 46.9 Å². The summed E-state index contributed by atoms with van der Waals surface area (Å²) in [6.07, 6.45) is -10.2. The second-order valence-electron chi connectivity index (χ2n) is 5.42. The van der Waals surface area contributed by atoms with E-state index in [1.807, 2.05) is 0 Å². The van der Waals surface area contributed by atoms with Gasteiger partial charge in [0.2, 0.25) is 0 Å². The Morgan fingerprint density at radius 3 is 2.42 bits per heavy atom. The number of benzene rings is 1. The second kappa shape index (κ2) is 6.98. The number of nitrogens with zero attached hydrogens (tertiary/aromatic N) is 2. The second-order valence-corrected chi connectivity index (χ2v) is 5.42. The zero-order valence-corrected chi connectivity index (χ0v) is 13.2. The molecule has 0 fully saturated rings. The molecule has 0 spiro atoms. The molecule has 1 aromatic carbocycles.